The Hall–Kier alpha value is 0.690. The first-order chi connectivity index (χ1) is 16.2. The van der Waals surface area contributed by atoms with Crippen molar-refractivity contribution in [3.05, 3.63) is 0 Å². The second-order valence-corrected chi connectivity index (χ2v) is 9.07. The van der Waals surface area contributed by atoms with Gasteiger partial charge in [0.05, 0.1) is 45.6 Å². The molecule has 0 bridgehead atoms. The van der Waals surface area contributed by atoms with Crippen LogP contribution in [0.1, 0.15) is 71.6 Å². The SMILES string of the molecule is CCCCCCOCCOCCOCCOCCCCCC.O=C([O-])CC(C(=O)[O-])S(=O)(=O)O.[Na+].[Na+]. The summed E-state index contributed by atoms with van der Waals surface area (Å²) in [5.74, 6) is -4.08. The third-order valence-corrected chi connectivity index (χ3v) is 5.45. The van der Waals surface area contributed by atoms with Crippen LogP contribution in [0.2, 0.25) is 0 Å². The quantitative estimate of drug-likeness (QED) is 0.0717. The van der Waals surface area contributed by atoms with Crippen LogP contribution in [0.15, 0.2) is 0 Å². The van der Waals surface area contributed by atoms with Gasteiger partial charge in [-0.1, -0.05) is 52.4 Å². The first-order valence-corrected chi connectivity index (χ1v) is 13.3. The van der Waals surface area contributed by atoms with Gasteiger partial charge in [-0.2, -0.15) is 8.42 Å². The second-order valence-electron chi connectivity index (χ2n) is 7.47. The maximum absolute atomic E-state index is 10.2. The van der Waals surface area contributed by atoms with E-state index in [9.17, 15) is 28.2 Å². The van der Waals surface area contributed by atoms with Gasteiger partial charge >= 0.3 is 59.1 Å². The third kappa shape index (κ3) is 34.7. The van der Waals surface area contributed by atoms with Gasteiger partial charge in [-0.05, 0) is 12.8 Å². The Bertz CT molecular complexity index is 573. The van der Waals surface area contributed by atoms with Gasteiger partial charge in [0.15, 0.2) is 0 Å². The summed E-state index contributed by atoms with van der Waals surface area (Å²) in [7, 11) is -4.94. The number of aliphatic carboxylic acids is 2. The van der Waals surface area contributed by atoms with Crippen molar-refractivity contribution in [3.63, 3.8) is 0 Å². The Morgan fingerprint density at radius 2 is 1.00 bits per heavy atom. The number of hydrogen-bond donors (Lipinski definition) is 1. The molecule has 36 heavy (non-hydrogen) atoms. The zero-order chi connectivity index (χ0) is 26.1. The second kappa shape index (κ2) is 31.9. The zero-order valence-electron chi connectivity index (χ0n) is 22.5. The molecule has 0 aliphatic carbocycles. The molecule has 0 saturated carbocycles. The molecule has 0 aliphatic heterocycles. The smallest absolute Gasteiger partial charge is 0.550 e. The first-order valence-electron chi connectivity index (χ1n) is 11.8. The summed E-state index contributed by atoms with van der Waals surface area (Å²) in [4.78, 5) is 19.7. The number of carboxylic acid groups (broad SMARTS) is 2. The molecular weight excluding hydrogens is 518 g/mol. The van der Waals surface area contributed by atoms with E-state index in [0.29, 0.717) is 39.6 Å². The minimum Gasteiger partial charge on any atom is -0.550 e. The van der Waals surface area contributed by atoms with E-state index < -0.39 is 33.7 Å². The summed E-state index contributed by atoms with van der Waals surface area (Å²) in [6, 6.07) is 0. The molecular formula is C22H42Na2O11S. The van der Waals surface area contributed by atoms with Crippen LogP contribution in [0.3, 0.4) is 0 Å². The molecule has 1 N–H and O–H groups in total. The van der Waals surface area contributed by atoms with E-state index in [0.717, 1.165) is 26.1 Å². The van der Waals surface area contributed by atoms with Gasteiger partial charge in [0, 0.05) is 25.6 Å². The largest absolute Gasteiger partial charge is 1.00 e. The standard InChI is InChI=1S/C18H38O4.C4H6O7S.2Na/c1-3-5-7-9-11-19-13-15-21-17-18-22-16-14-20-12-10-8-6-4-2;5-3(6)1-2(4(7)8)12(9,10)11;;/h3-18H2,1-2H3;2H,1H2,(H,5,6)(H,7,8)(H,9,10,11);;/q;;2*+1/p-2. The Kier molecular flexibility index (Phi) is 38.8. The molecule has 0 spiro atoms. The summed E-state index contributed by atoms with van der Waals surface area (Å²) < 4.78 is 50.3. The van der Waals surface area contributed by atoms with Crippen molar-refractivity contribution in [1.82, 2.24) is 0 Å². The minimum absolute atomic E-state index is 0. The molecule has 1 atom stereocenters. The molecule has 0 aromatic rings. The number of carboxylic acids is 2. The zero-order valence-corrected chi connectivity index (χ0v) is 27.4. The Morgan fingerprint density at radius 3 is 1.22 bits per heavy atom. The average molecular weight is 561 g/mol. The van der Waals surface area contributed by atoms with E-state index in [1.165, 1.54) is 38.5 Å². The molecule has 11 nitrogen and oxygen atoms in total. The maximum Gasteiger partial charge on any atom is 1.00 e. The molecule has 0 aromatic heterocycles. The van der Waals surface area contributed by atoms with Crippen molar-refractivity contribution in [2.24, 2.45) is 0 Å². The van der Waals surface area contributed by atoms with Crippen molar-refractivity contribution >= 4 is 22.1 Å². The van der Waals surface area contributed by atoms with Gasteiger partial charge in [-0.25, -0.2) is 0 Å². The van der Waals surface area contributed by atoms with Crippen LogP contribution in [0, 0.1) is 0 Å². The fourth-order valence-corrected chi connectivity index (χ4v) is 3.08. The molecule has 0 radical (unpaired) electrons. The van der Waals surface area contributed by atoms with Crippen molar-refractivity contribution < 1.29 is 111 Å². The molecule has 0 aliphatic rings. The van der Waals surface area contributed by atoms with Gasteiger partial charge in [-0.15, -0.1) is 0 Å². The summed E-state index contributed by atoms with van der Waals surface area (Å²) >= 11 is 0. The van der Waals surface area contributed by atoms with Crippen molar-refractivity contribution in [2.75, 3.05) is 52.9 Å². The number of carbonyl (C=O) groups excluding carboxylic acids is 2. The van der Waals surface area contributed by atoms with E-state index >= 15 is 0 Å². The fraction of sp³-hybridized carbons (Fsp3) is 0.909. The van der Waals surface area contributed by atoms with Crippen LogP contribution in [-0.4, -0.2) is 83.0 Å². The molecule has 14 heteroatoms. The third-order valence-electron chi connectivity index (χ3n) is 4.37. The summed E-state index contributed by atoms with van der Waals surface area (Å²) in [5, 5.41) is 17.3. The van der Waals surface area contributed by atoms with E-state index in [-0.39, 0.29) is 59.1 Å². The van der Waals surface area contributed by atoms with E-state index in [1.54, 1.807) is 0 Å². The Morgan fingerprint density at radius 1 is 0.667 bits per heavy atom. The van der Waals surface area contributed by atoms with Gasteiger partial charge in [0.25, 0.3) is 10.1 Å². The van der Waals surface area contributed by atoms with Crippen LogP contribution in [0.5, 0.6) is 0 Å². The molecule has 0 amide bonds. The maximum atomic E-state index is 10.2. The molecule has 0 fully saturated rings. The molecule has 0 rings (SSSR count). The number of ether oxygens (including phenoxy) is 4. The monoisotopic (exact) mass is 560 g/mol. The minimum atomic E-state index is -4.94. The number of unbranched alkanes of at least 4 members (excludes halogenated alkanes) is 6. The topological polar surface area (TPSA) is 172 Å². The van der Waals surface area contributed by atoms with Crippen molar-refractivity contribution in [3.8, 4) is 0 Å². The van der Waals surface area contributed by atoms with Crippen LogP contribution < -0.4 is 69.3 Å². The van der Waals surface area contributed by atoms with Gasteiger partial charge in [-0.3, -0.25) is 4.55 Å². The number of hydrogen-bond acceptors (Lipinski definition) is 10. The molecule has 0 aromatic carbocycles. The van der Waals surface area contributed by atoms with E-state index in [2.05, 4.69) is 13.8 Å². The van der Waals surface area contributed by atoms with Crippen LogP contribution in [0.4, 0.5) is 0 Å². The van der Waals surface area contributed by atoms with Gasteiger partial charge in [0.1, 0.15) is 5.25 Å². The first kappa shape index (κ1) is 43.7. The van der Waals surface area contributed by atoms with Crippen molar-refractivity contribution in [1.29, 1.82) is 0 Å². The predicted molar refractivity (Wildman–Crippen MR) is 122 cm³/mol. The van der Waals surface area contributed by atoms with Gasteiger partial charge in [0.2, 0.25) is 0 Å². The average Bonchev–Trinajstić information content (AvgIpc) is 2.76. The number of rotatable bonds is 23. The molecule has 204 valence electrons. The van der Waals surface area contributed by atoms with Crippen LogP contribution in [0.25, 0.3) is 0 Å². The Labute approximate surface area is 260 Å². The van der Waals surface area contributed by atoms with Crippen LogP contribution in [-0.2, 0) is 38.7 Å². The summed E-state index contributed by atoms with van der Waals surface area (Å²) in [5.41, 5.74) is 0. The molecule has 0 saturated heterocycles. The summed E-state index contributed by atoms with van der Waals surface area (Å²) in [6.07, 6.45) is 8.68. The van der Waals surface area contributed by atoms with Crippen LogP contribution >= 0.6 is 0 Å². The van der Waals surface area contributed by atoms with E-state index in [4.69, 9.17) is 23.5 Å². The normalized spacial score (nSPS) is 11.4. The molecule has 1 unspecified atom stereocenters. The van der Waals surface area contributed by atoms with Gasteiger partial charge < -0.3 is 38.7 Å². The fourth-order valence-electron chi connectivity index (χ4n) is 2.49. The molecule has 0 heterocycles. The Balaban J connectivity index is -0.000000313. The predicted octanol–water partition coefficient (Wildman–Crippen LogP) is -5.65. The summed E-state index contributed by atoms with van der Waals surface area (Å²) in [6.45, 7) is 10.1. The van der Waals surface area contributed by atoms with Crippen molar-refractivity contribution in [2.45, 2.75) is 76.9 Å². The van der Waals surface area contributed by atoms with E-state index in [1.807, 2.05) is 0 Å². The number of carbonyl (C=O) groups is 2.